The molecule has 3 aliphatic rings. The molecule has 0 saturated heterocycles. The van der Waals surface area contributed by atoms with Crippen LogP contribution in [0.3, 0.4) is 0 Å². The summed E-state index contributed by atoms with van der Waals surface area (Å²) >= 11 is 0. The first kappa shape index (κ1) is 23.4. The zero-order valence-corrected chi connectivity index (χ0v) is 19.7. The van der Waals surface area contributed by atoms with E-state index in [0.29, 0.717) is 19.3 Å². The quantitative estimate of drug-likeness (QED) is 0.571. The molecule has 5 rings (SSSR count). The zero-order valence-electron chi connectivity index (χ0n) is 19.7. The van der Waals surface area contributed by atoms with Crippen LogP contribution in [-0.4, -0.2) is 41.8 Å². The summed E-state index contributed by atoms with van der Waals surface area (Å²) in [6.45, 7) is 0.238. The van der Waals surface area contributed by atoms with Crippen LogP contribution in [0, 0.1) is 11.8 Å². The number of nitrogens with one attached hydrogen (secondary N) is 2. The lowest BCUT2D eigenvalue weighted by atomic mass is 9.85. The van der Waals surface area contributed by atoms with Crippen LogP contribution in [0.2, 0.25) is 0 Å². The Labute approximate surface area is 205 Å². The fourth-order valence-electron chi connectivity index (χ4n) is 6.09. The lowest BCUT2D eigenvalue weighted by Crippen LogP contribution is -2.48. The van der Waals surface area contributed by atoms with Gasteiger partial charge in [-0.05, 0) is 54.4 Å². The van der Waals surface area contributed by atoms with E-state index in [1.54, 1.807) is 0 Å². The number of benzene rings is 2. The molecule has 0 unspecified atom stereocenters. The minimum absolute atomic E-state index is 0.00990. The van der Waals surface area contributed by atoms with E-state index in [1.807, 2.05) is 24.3 Å². The molecular weight excluding hydrogens is 444 g/mol. The number of alkyl carbamates (subject to hydrolysis) is 1. The maximum Gasteiger partial charge on any atom is 0.407 e. The molecule has 7 heteroatoms. The van der Waals surface area contributed by atoms with Crippen molar-refractivity contribution in [2.24, 2.45) is 11.8 Å². The summed E-state index contributed by atoms with van der Waals surface area (Å²) in [5, 5.41) is 15.3. The van der Waals surface area contributed by atoms with Crippen molar-refractivity contribution in [1.29, 1.82) is 0 Å². The molecule has 3 N–H and O–H groups in total. The number of carboxylic acids is 1. The van der Waals surface area contributed by atoms with Crippen LogP contribution in [0.1, 0.15) is 62.0 Å². The molecule has 0 radical (unpaired) electrons. The number of ether oxygens (including phenoxy) is 1. The smallest absolute Gasteiger partial charge is 0.407 e. The molecule has 0 aliphatic heterocycles. The van der Waals surface area contributed by atoms with Gasteiger partial charge in [-0.25, -0.2) is 4.79 Å². The number of aliphatic carboxylic acids is 1. The maximum atomic E-state index is 13.0. The number of carboxylic acid groups (broad SMARTS) is 1. The number of amides is 2. The predicted octanol–water partition coefficient (Wildman–Crippen LogP) is 4.45. The molecular formula is C28H32N2O5. The standard InChI is InChI=1S/C28H32N2O5/c31-26(29-18-8-5-7-17(15-18)27(32)33)23-13-6-14-25(23)30-28(34)35-16-24-21-11-3-1-9-19(21)20-10-2-4-12-22(20)24/h1-4,9-12,17-18,23-25H,5-8,13-16H2,(H,29,31)(H,30,34)(H,32,33)/t17-,18+,23-,25+/m0/s1. The minimum atomic E-state index is -0.792. The molecule has 7 nitrogen and oxygen atoms in total. The second kappa shape index (κ2) is 10.1. The second-order valence-electron chi connectivity index (χ2n) is 10.0. The topological polar surface area (TPSA) is 105 Å². The number of carbonyl (C=O) groups excluding carboxylic acids is 2. The van der Waals surface area contributed by atoms with Gasteiger partial charge in [0.05, 0.1) is 11.8 Å². The highest BCUT2D eigenvalue weighted by atomic mass is 16.5. The van der Waals surface area contributed by atoms with Crippen molar-refractivity contribution < 1.29 is 24.2 Å². The van der Waals surface area contributed by atoms with Crippen LogP contribution in [0.4, 0.5) is 4.79 Å². The van der Waals surface area contributed by atoms with Crippen LogP contribution in [0.25, 0.3) is 11.1 Å². The van der Waals surface area contributed by atoms with Gasteiger partial charge in [-0.1, -0.05) is 61.4 Å². The van der Waals surface area contributed by atoms with Gasteiger partial charge in [0, 0.05) is 18.0 Å². The molecule has 2 fully saturated rings. The van der Waals surface area contributed by atoms with Crippen molar-refractivity contribution in [3.8, 4) is 11.1 Å². The van der Waals surface area contributed by atoms with Gasteiger partial charge < -0.3 is 20.5 Å². The van der Waals surface area contributed by atoms with Crippen LogP contribution >= 0.6 is 0 Å². The number of hydrogen-bond acceptors (Lipinski definition) is 4. The lowest BCUT2D eigenvalue weighted by molar-refractivity contribution is -0.143. The highest BCUT2D eigenvalue weighted by Gasteiger charge is 2.37. The molecule has 0 heterocycles. The fourth-order valence-corrected chi connectivity index (χ4v) is 6.09. The van der Waals surface area contributed by atoms with Gasteiger partial charge in [-0.15, -0.1) is 0 Å². The number of carbonyl (C=O) groups is 3. The fraction of sp³-hybridized carbons (Fsp3) is 0.464. The molecule has 0 aromatic heterocycles. The molecule has 2 aromatic carbocycles. The van der Waals surface area contributed by atoms with E-state index in [-0.39, 0.29) is 36.4 Å². The second-order valence-corrected chi connectivity index (χ2v) is 10.0. The van der Waals surface area contributed by atoms with Crippen LogP contribution < -0.4 is 10.6 Å². The van der Waals surface area contributed by atoms with Crippen LogP contribution in [0.5, 0.6) is 0 Å². The van der Waals surface area contributed by atoms with Crippen molar-refractivity contribution in [3.63, 3.8) is 0 Å². The van der Waals surface area contributed by atoms with Crippen LogP contribution in [-0.2, 0) is 14.3 Å². The number of fused-ring (bicyclic) bond motifs is 3. The summed E-state index contributed by atoms with van der Waals surface area (Å²) < 4.78 is 5.67. The third-order valence-corrected chi connectivity index (χ3v) is 7.87. The average Bonchev–Trinajstić information content (AvgIpc) is 3.45. The molecule has 35 heavy (non-hydrogen) atoms. The van der Waals surface area contributed by atoms with E-state index in [1.165, 1.54) is 11.1 Å². The Kier molecular flexibility index (Phi) is 6.75. The molecule has 0 spiro atoms. The van der Waals surface area contributed by atoms with E-state index in [9.17, 15) is 19.5 Å². The SMILES string of the molecule is O=C(N[C@@H]1CCC[C@@H]1C(=O)N[C@@H]1CCC[C@H](C(=O)O)C1)OCC1c2ccccc2-c2ccccc21. The van der Waals surface area contributed by atoms with E-state index in [0.717, 1.165) is 36.8 Å². The molecule has 4 atom stereocenters. The van der Waals surface area contributed by atoms with Crippen molar-refractivity contribution in [2.45, 2.75) is 62.9 Å². The van der Waals surface area contributed by atoms with E-state index < -0.39 is 18.0 Å². The highest BCUT2D eigenvalue weighted by Crippen LogP contribution is 2.44. The van der Waals surface area contributed by atoms with Crippen molar-refractivity contribution in [3.05, 3.63) is 59.7 Å². The Morgan fingerprint density at radius 1 is 0.857 bits per heavy atom. The Balaban J connectivity index is 1.17. The molecule has 2 saturated carbocycles. The van der Waals surface area contributed by atoms with E-state index in [2.05, 4.69) is 34.9 Å². The van der Waals surface area contributed by atoms with Gasteiger partial charge in [0.25, 0.3) is 0 Å². The summed E-state index contributed by atoms with van der Waals surface area (Å²) in [6.07, 6.45) is 4.52. The van der Waals surface area contributed by atoms with Crippen molar-refractivity contribution in [2.75, 3.05) is 6.61 Å². The summed E-state index contributed by atoms with van der Waals surface area (Å²) in [7, 11) is 0. The third-order valence-electron chi connectivity index (χ3n) is 7.87. The normalized spacial score (nSPS) is 25.4. The van der Waals surface area contributed by atoms with Gasteiger partial charge in [0.1, 0.15) is 6.61 Å². The zero-order chi connectivity index (χ0) is 24.4. The van der Waals surface area contributed by atoms with E-state index >= 15 is 0 Å². The number of rotatable bonds is 6. The van der Waals surface area contributed by atoms with Gasteiger partial charge >= 0.3 is 12.1 Å². The summed E-state index contributed by atoms with van der Waals surface area (Å²) in [5.41, 5.74) is 4.67. The third kappa shape index (κ3) is 4.90. The monoisotopic (exact) mass is 476 g/mol. The average molecular weight is 477 g/mol. The summed E-state index contributed by atoms with van der Waals surface area (Å²) in [4.78, 5) is 37.0. The molecule has 0 bridgehead atoms. The first-order valence-electron chi connectivity index (χ1n) is 12.7. The largest absolute Gasteiger partial charge is 0.481 e. The Morgan fingerprint density at radius 2 is 1.51 bits per heavy atom. The number of hydrogen-bond donors (Lipinski definition) is 3. The van der Waals surface area contributed by atoms with Gasteiger partial charge in [-0.3, -0.25) is 9.59 Å². The molecule has 2 amide bonds. The highest BCUT2D eigenvalue weighted by molar-refractivity contribution is 5.81. The van der Waals surface area contributed by atoms with Crippen LogP contribution in [0.15, 0.2) is 48.5 Å². The van der Waals surface area contributed by atoms with Crippen molar-refractivity contribution >= 4 is 18.0 Å². The van der Waals surface area contributed by atoms with Crippen molar-refractivity contribution in [1.82, 2.24) is 10.6 Å². The molecule has 3 aliphatic carbocycles. The molecule has 2 aromatic rings. The summed E-state index contributed by atoms with van der Waals surface area (Å²) in [5.74, 6) is -1.61. The maximum absolute atomic E-state index is 13.0. The summed E-state index contributed by atoms with van der Waals surface area (Å²) in [6, 6.07) is 16.0. The minimum Gasteiger partial charge on any atom is -0.481 e. The first-order chi connectivity index (χ1) is 17.0. The lowest BCUT2D eigenvalue weighted by Gasteiger charge is -2.29. The van der Waals surface area contributed by atoms with Gasteiger partial charge in [0.15, 0.2) is 0 Å². The van der Waals surface area contributed by atoms with Gasteiger partial charge in [0.2, 0.25) is 5.91 Å². The predicted molar refractivity (Wildman–Crippen MR) is 131 cm³/mol. The van der Waals surface area contributed by atoms with E-state index in [4.69, 9.17) is 4.74 Å². The Bertz CT molecular complexity index is 1070. The first-order valence-corrected chi connectivity index (χ1v) is 12.7. The Hall–Kier alpha value is -3.35. The Morgan fingerprint density at radius 3 is 2.20 bits per heavy atom. The van der Waals surface area contributed by atoms with Gasteiger partial charge in [-0.2, -0.15) is 0 Å². The molecule has 184 valence electrons.